The molecule has 1 aromatic carbocycles. The third-order valence-corrected chi connectivity index (χ3v) is 6.48. The highest BCUT2D eigenvalue weighted by Crippen LogP contribution is 2.38. The van der Waals surface area contributed by atoms with E-state index in [1.165, 1.54) is 4.90 Å². The molecule has 3 aromatic rings. The largest absolute Gasteiger partial charge is 0.442 e. The number of likely N-dealkylation sites (tertiary alicyclic amines) is 1. The SMILES string of the molecule is CNc1ncc2cc(-c3cc(NC(=O)N4CC[C@H](SC(F)(F)F)C4)ccc3C)c(C)nc2n1. The molecule has 4 rings (SSSR count). The minimum atomic E-state index is -4.30. The van der Waals surface area contributed by atoms with Gasteiger partial charge in [-0.3, -0.25) is 0 Å². The lowest BCUT2D eigenvalue weighted by molar-refractivity contribution is -0.0333. The lowest BCUT2D eigenvalue weighted by atomic mass is 9.98. The Hall–Kier alpha value is -3.08. The standard InChI is InChI=1S/C22H23F3N6OS/c1-12-4-5-15(29-21(32)31-7-6-16(11-31)33-22(23,24)25)9-17(12)18-8-14-10-27-20(26-3)30-19(14)28-13(18)2/h4-5,8-10,16H,6-7,11H2,1-3H3,(H,29,32)(H,26,27,28,30)/t16-/m0/s1. The zero-order chi connectivity index (χ0) is 23.8. The normalized spacial score (nSPS) is 16.3. The van der Waals surface area contributed by atoms with E-state index in [1.54, 1.807) is 19.3 Å². The molecule has 1 aliphatic heterocycles. The molecule has 0 radical (unpaired) electrons. The first kappa shape index (κ1) is 23.1. The topological polar surface area (TPSA) is 83.0 Å². The van der Waals surface area contributed by atoms with Crippen LogP contribution in [0.4, 0.5) is 29.6 Å². The number of benzene rings is 1. The number of alkyl halides is 3. The van der Waals surface area contributed by atoms with Crippen molar-refractivity contribution >= 4 is 40.5 Å². The van der Waals surface area contributed by atoms with Crippen LogP contribution in [0.3, 0.4) is 0 Å². The van der Waals surface area contributed by atoms with Gasteiger partial charge in [0.25, 0.3) is 0 Å². The van der Waals surface area contributed by atoms with Crippen molar-refractivity contribution in [1.82, 2.24) is 19.9 Å². The first-order valence-corrected chi connectivity index (χ1v) is 11.2. The van der Waals surface area contributed by atoms with Gasteiger partial charge in [-0.05, 0) is 61.4 Å². The summed E-state index contributed by atoms with van der Waals surface area (Å²) < 4.78 is 37.9. The Morgan fingerprint density at radius 1 is 1.18 bits per heavy atom. The molecular formula is C22H23F3N6OS. The molecule has 3 heterocycles. The Morgan fingerprint density at radius 2 is 1.97 bits per heavy atom. The molecule has 1 fully saturated rings. The molecule has 7 nitrogen and oxygen atoms in total. The second kappa shape index (κ2) is 9.05. The number of aromatic nitrogens is 3. The highest BCUT2D eigenvalue weighted by Gasteiger charge is 2.37. The fourth-order valence-electron chi connectivity index (χ4n) is 3.84. The molecule has 33 heavy (non-hydrogen) atoms. The molecule has 0 bridgehead atoms. The number of nitrogens with zero attached hydrogens (tertiary/aromatic N) is 4. The Balaban J connectivity index is 1.55. The van der Waals surface area contributed by atoms with Crippen molar-refractivity contribution in [2.24, 2.45) is 0 Å². The second-order valence-corrected chi connectivity index (χ2v) is 9.22. The molecule has 1 atom stereocenters. The maximum Gasteiger partial charge on any atom is 0.442 e. The lowest BCUT2D eigenvalue weighted by Crippen LogP contribution is -2.33. The number of hydrogen-bond donors (Lipinski definition) is 2. The number of hydrogen-bond acceptors (Lipinski definition) is 6. The van der Waals surface area contributed by atoms with Gasteiger partial charge in [-0.15, -0.1) is 0 Å². The van der Waals surface area contributed by atoms with Gasteiger partial charge in [0.15, 0.2) is 5.65 Å². The highest BCUT2D eigenvalue weighted by atomic mass is 32.2. The number of carbonyl (C=O) groups excluding carboxylic acids is 1. The molecule has 1 aliphatic rings. The van der Waals surface area contributed by atoms with Crippen LogP contribution in [0.15, 0.2) is 30.5 Å². The van der Waals surface area contributed by atoms with Crippen LogP contribution in [-0.2, 0) is 0 Å². The van der Waals surface area contributed by atoms with Crippen molar-refractivity contribution in [3.8, 4) is 11.1 Å². The van der Waals surface area contributed by atoms with Gasteiger partial charge in [0.05, 0.1) is 0 Å². The van der Waals surface area contributed by atoms with Crippen molar-refractivity contribution < 1.29 is 18.0 Å². The van der Waals surface area contributed by atoms with E-state index in [0.717, 1.165) is 27.8 Å². The number of urea groups is 1. The zero-order valence-electron chi connectivity index (χ0n) is 18.3. The summed E-state index contributed by atoms with van der Waals surface area (Å²) in [6.07, 6.45) is 2.02. The van der Waals surface area contributed by atoms with E-state index in [2.05, 4.69) is 25.6 Å². The van der Waals surface area contributed by atoms with Gasteiger partial charge < -0.3 is 15.5 Å². The molecule has 11 heteroatoms. The van der Waals surface area contributed by atoms with Gasteiger partial charge in [-0.2, -0.15) is 18.2 Å². The number of carbonyl (C=O) groups is 1. The van der Waals surface area contributed by atoms with Crippen molar-refractivity contribution in [1.29, 1.82) is 0 Å². The summed E-state index contributed by atoms with van der Waals surface area (Å²) in [5, 5.41) is 5.86. The van der Waals surface area contributed by atoms with Gasteiger partial charge in [-0.25, -0.2) is 14.8 Å². The average Bonchev–Trinajstić information content (AvgIpc) is 3.21. The summed E-state index contributed by atoms with van der Waals surface area (Å²) >= 11 is -0.0446. The number of thioether (sulfide) groups is 1. The van der Waals surface area contributed by atoms with Crippen LogP contribution in [0.1, 0.15) is 17.7 Å². The molecule has 2 aromatic heterocycles. The Morgan fingerprint density at radius 3 is 2.70 bits per heavy atom. The Bertz CT molecular complexity index is 1200. The van der Waals surface area contributed by atoms with E-state index in [1.807, 2.05) is 32.0 Å². The number of aryl methyl sites for hydroxylation is 2. The maximum atomic E-state index is 12.7. The van der Waals surface area contributed by atoms with Crippen LogP contribution in [0.5, 0.6) is 0 Å². The van der Waals surface area contributed by atoms with Gasteiger partial charge in [0, 0.05) is 53.9 Å². The van der Waals surface area contributed by atoms with Crippen LogP contribution in [0, 0.1) is 13.8 Å². The molecular weight excluding hydrogens is 453 g/mol. The summed E-state index contributed by atoms with van der Waals surface area (Å²) in [7, 11) is 1.74. The van der Waals surface area contributed by atoms with Gasteiger partial charge in [0.2, 0.25) is 5.95 Å². The molecule has 0 saturated carbocycles. The van der Waals surface area contributed by atoms with Gasteiger partial charge in [0.1, 0.15) is 0 Å². The highest BCUT2D eigenvalue weighted by molar-refractivity contribution is 8.00. The van der Waals surface area contributed by atoms with Crippen LogP contribution in [0.25, 0.3) is 22.2 Å². The van der Waals surface area contributed by atoms with E-state index in [0.29, 0.717) is 30.2 Å². The van der Waals surface area contributed by atoms with Crippen molar-refractivity contribution in [2.45, 2.75) is 31.0 Å². The minimum Gasteiger partial charge on any atom is -0.357 e. The van der Waals surface area contributed by atoms with Gasteiger partial charge in [-0.1, -0.05) is 6.07 Å². The van der Waals surface area contributed by atoms with E-state index < -0.39 is 16.8 Å². The molecule has 174 valence electrons. The van der Waals surface area contributed by atoms with E-state index in [4.69, 9.17) is 0 Å². The predicted molar refractivity (Wildman–Crippen MR) is 124 cm³/mol. The van der Waals surface area contributed by atoms with Crippen molar-refractivity contribution in [2.75, 3.05) is 30.8 Å². The summed E-state index contributed by atoms with van der Waals surface area (Å²) in [5.41, 5.74) is 0.402. The first-order chi connectivity index (χ1) is 15.6. The van der Waals surface area contributed by atoms with Crippen LogP contribution in [0.2, 0.25) is 0 Å². The third-order valence-electron chi connectivity index (χ3n) is 5.49. The van der Waals surface area contributed by atoms with Crippen LogP contribution in [-0.4, -0.2) is 56.8 Å². The number of fused-ring (bicyclic) bond motifs is 1. The fourth-order valence-corrected chi connectivity index (χ4v) is 4.69. The molecule has 0 spiro atoms. The van der Waals surface area contributed by atoms with E-state index >= 15 is 0 Å². The molecule has 2 amide bonds. The predicted octanol–water partition coefficient (Wildman–Crippen LogP) is 5.21. The third kappa shape index (κ3) is 5.29. The summed E-state index contributed by atoms with van der Waals surface area (Å²) in [6, 6.07) is 7.08. The maximum absolute atomic E-state index is 12.7. The van der Waals surface area contributed by atoms with Gasteiger partial charge >= 0.3 is 11.5 Å². The Kier molecular flexibility index (Phi) is 6.33. The first-order valence-electron chi connectivity index (χ1n) is 10.4. The number of halogens is 3. The second-order valence-electron chi connectivity index (χ2n) is 7.86. The molecule has 0 aliphatic carbocycles. The molecule has 0 unspecified atom stereocenters. The lowest BCUT2D eigenvalue weighted by Gasteiger charge is -2.19. The van der Waals surface area contributed by atoms with Crippen LogP contribution >= 0.6 is 11.8 Å². The zero-order valence-corrected chi connectivity index (χ0v) is 19.1. The number of rotatable bonds is 4. The number of anilines is 2. The molecule has 1 saturated heterocycles. The minimum absolute atomic E-state index is 0.0446. The average molecular weight is 477 g/mol. The van der Waals surface area contributed by atoms with Crippen molar-refractivity contribution in [3.05, 3.63) is 41.7 Å². The van der Waals surface area contributed by atoms with E-state index in [-0.39, 0.29) is 18.3 Å². The number of amides is 2. The summed E-state index contributed by atoms with van der Waals surface area (Å²) in [6.45, 7) is 4.21. The Labute approximate surface area is 193 Å². The number of pyridine rings is 1. The monoisotopic (exact) mass is 476 g/mol. The summed E-state index contributed by atoms with van der Waals surface area (Å²) in [5.74, 6) is 0.487. The van der Waals surface area contributed by atoms with E-state index in [9.17, 15) is 18.0 Å². The van der Waals surface area contributed by atoms with Crippen molar-refractivity contribution in [3.63, 3.8) is 0 Å². The fraction of sp³-hybridized carbons (Fsp3) is 0.364. The molecule has 2 N–H and O–H groups in total. The van der Waals surface area contributed by atoms with Crippen LogP contribution < -0.4 is 10.6 Å². The summed E-state index contributed by atoms with van der Waals surface area (Å²) in [4.78, 5) is 27.3. The number of nitrogens with one attached hydrogen (secondary N) is 2. The smallest absolute Gasteiger partial charge is 0.357 e. The quantitative estimate of drug-likeness (QED) is 0.538.